The first-order chi connectivity index (χ1) is 11.7. The van der Waals surface area contributed by atoms with Gasteiger partial charge in [0.1, 0.15) is 0 Å². The molecule has 2 atom stereocenters. The Labute approximate surface area is 145 Å². The van der Waals surface area contributed by atoms with Gasteiger partial charge in [0, 0.05) is 6.54 Å². The van der Waals surface area contributed by atoms with E-state index in [1.165, 1.54) is 24.8 Å². The number of carbonyl (C=O) groups is 1. The van der Waals surface area contributed by atoms with E-state index in [2.05, 4.69) is 18.3 Å². The highest BCUT2D eigenvalue weighted by molar-refractivity contribution is 5.81. The van der Waals surface area contributed by atoms with Crippen LogP contribution in [0.2, 0.25) is 0 Å². The molecule has 4 heteroatoms. The summed E-state index contributed by atoms with van der Waals surface area (Å²) in [5, 5.41) is 2.88. The van der Waals surface area contributed by atoms with Gasteiger partial charge in [0.2, 0.25) is 5.91 Å². The topological polar surface area (TPSA) is 64.3 Å². The predicted molar refractivity (Wildman–Crippen MR) is 97.7 cm³/mol. The van der Waals surface area contributed by atoms with Gasteiger partial charge in [-0.05, 0) is 43.7 Å². The molecule has 1 amide bonds. The number of allylic oxidation sites excluding steroid dienone is 1. The van der Waals surface area contributed by atoms with Crippen LogP contribution in [0.1, 0.15) is 44.6 Å². The van der Waals surface area contributed by atoms with Crippen LogP contribution >= 0.6 is 0 Å². The van der Waals surface area contributed by atoms with Gasteiger partial charge < -0.3 is 15.8 Å². The second kappa shape index (κ2) is 10.3. The van der Waals surface area contributed by atoms with Crippen LogP contribution in [0.3, 0.4) is 0 Å². The molecule has 1 aliphatic rings. The van der Waals surface area contributed by atoms with E-state index in [0.29, 0.717) is 19.6 Å². The smallest absolute Gasteiger partial charge is 0.237 e. The molecule has 1 aromatic rings. The quantitative estimate of drug-likeness (QED) is 0.597. The SMILES string of the molecule is C/C1=C/CCCCCC1OCCNC(=O)[C@@H](N)Cc1ccccc1. The van der Waals surface area contributed by atoms with Gasteiger partial charge in [0.25, 0.3) is 0 Å². The molecule has 0 fully saturated rings. The van der Waals surface area contributed by atoms with Gasteiger partial charge in [-0.25, -0.2) is 0 Å². The Balaban J connectivity index is 1.67. The molecule has 0 saturated carbocycles. The highest BCUT2D eigenvalue weighted by Crippen LogP contribution is 2.19. The van der Waals surface area contributed by atoms with Crippen molar-refractivity contribution in [2.45, 2.75) is 57.6 Å². The number of carbonyl (C=O) groups excluding carboxylic acids is 1. The Morgan fingerprint density at radius 1 is 1.29 bits per heavy atom. The lowest BCUT2D eigenvalue weighted by molar-refractivity contribution is -0.122. The maximum Gasteiger partial charge on any atom is 0.237 e. The second-order valence-corrected chi connectivity index (χ2v) is 6.53. The number of ether oxygens (including phenoxy) is 1. The van der Waals surface area contributed by atoms with Gasteiger partial charge in [0.15, 0.2) is 0 Å². The zero-order valence-corrected chi connectivity index (χ0v) is 14.7. The molecule has 4 nitrogen and oxygen atoms in total. The van der Waals surface area contributed by atoms with Crippen molar-refractivity contribution in [2.75, 3.05) is 13.2 Å². The van der Waals surface area contributed by atoms with Gasteiger partial charge >= 0.3 is 0 Å². The lowest BCUT2D eigenvalue weighted by atomic mass is 9.98. The molecule has 0 saturated heterocycles. The average molecular weight is 330 g/mol. The fourth-order valence-corrected chi connectivity index (χ4v) is 3.02. The van der Waals surface area contributed by atoms with Crippen molar-refractivity contribution in [3.05, 3.63) is 47.5 Å². The van der Waals surface area contributed by atoms with Gasteiger partial charge in [-0.15, -0.1) is 0 Å². The van der Waals surface area contributed by atoms with Crippen LogP contribution in [0.5, 0.6) is 0 Å². The van der Waals surface area contributed by atoms with Crippen molar-refractivity contribution >= 4 is 5.91 Å². The van der Waals surface area contributed by atoms with Crippen LogP contribution in [0.25, 0.3) is 0 Å². The first kappa shape index (κ1) is 18.7. The minimum absolute atomic E-state index is 0.118. The Hall–Kier alpha value is -1.65. The summed E-state index contributed by atoms with van der Waals surface area (Å²) in [7, 11) is 0. The highest BCUT2D eigenvalue weighted by atomic mass is 16.5. The summed E-state index contributed by atoms with van der Waals surface area (Å²) in [5.74, 6) is -0.118. The zero-order chi connectivity index (χ0) is 17.2. The Kier molecular flexibility index (Phi) is 7.99. The maximum absolute atomic E-state index is 12.1. The largest absolute Gasteiger partial charge is 0.372 e. The highest BCUT2D eigenvalue weighted by Gasteiger charge is 2.15. The number of benzene rings is 1. The molecule has 1 aromatic carbocycles. The van der Waals surface area contributed by atoms with Gasteiger partial charge in [0.05, 0.1) is 18.8 Å². The van der Waals surface area contributed by atoms with Crippen LogP contribution in [0.4, 0.5) is 0 Å². The minimum atomic E-state index is -0.518. The lowest BCUT2D eigenvalue weighted by Gasteiger charge is -2.21. The summed E-state index contributed by atoms with van der Waals surface area (Å²) in [6, 6.07) is 9.32. The molecule has 0 bridgehead atoms. The summed E-state index contributed by atoms with van der Waals surface area (Å²) in [5.41, 5.74) is 8.37. The first-order valence-electron chi connectivity index (χ1n) is 9.02. The number of rotatable bonds is 7. The van der Waals surface area contributed by atoms with Crippen molar-refractivity contribution in [2.24, 2.45) is 5.73 Å². The molecule has 3 N–H and O–H groups in total. The Morgan fingerprint density at radius 2 is 2.08 bits per heavy atom. The van der Waals surface area contributed by atoms with E-state index in [4.69, 9.17) is 10.5 Å². The lowest BCUT2D eigenvalue weighted by Crippen LogP contribution is -2.43. The van der Waals surface area contributed by atoms with E-state index in [-0.39, 0.29) is 12.0 Å². The zero-order valence-electron chi connectivity index (χ0n) is 14.7. The number of nitrogens with one attached hydrogen (secondary N) is 1. The van der Waals surface area contributed by atoms with E-state index in [0.717, 1.165) is 18.4 Å². The van der Waals surface area contributed by atoms with Crippen molar-refractivity contribution in [1.82, 2.24) is 5.32 Å². The summed E-state index contributed by atoms with van der Waals surface area (Å²) in [6.45, 7) is 3.18. The van der Waals surface area contributed by atoms with E-state index >= 15 is 0 Å². The van der Waals surface area contributed by atoms with Crippen LogP contribution in [0, 0.1) is 0 Å². The molecule has 0 aromatic heterocycles. The third-order valence-electron chi connectivity index (χ3n) is 4.50. The van der Waals surface area contributed by atoms with E-state index in [1.807, 2.05) is 30.3 Å². The molecule has 0 heterocycles. The van der Waals surface area contributed by atoms with Gasteiger partial charge in [-0.3, -0.25) is 4.79 Å². The van der Waals surface area contributed by atoms with E-state index < -0.39 is 6.04 Å². The molecule has 1 unspecified atom stereocenters. The maximum atomic E-state index is 12.1. The summed E-state index contributed by atoms with van der Waals surface area (Å²) in [6.07, 6.45) is 9.02. The van der Waals surface area contributed by atoms with Gasteiger partial charge in [-0.1, -0.05) is 49.2 Å². The molecule has 2 rings (SSSR count). The van der Waals surface area contributed by atoms with Crippen molar-refractivity contribution in [3.8, 4) is 0 Å². The van der Waals surface area contributed by atoms with Crippen molar-refractivity contribution < 1.29 is 9.53 Å². The van der Waals surface area contributed by atoms with Crippen molar-refractivity contribution in [3.63, 3.8) is 0 Å². The predicted octanol–water partition coefficient (Wildman–Crippen LogP) is 2.97. The third kappa shape index (κ3) is 6.46. The Morgan fingerprint density at radius 3 is 2.88 bits per heavy atom. The van der Waals surface area contributed by atoms with Crippen LogP contribution in [0.15, 0.2) is 42.0 Å². The fourth-order valence-electron chi connectivity index (χ4n) is 3.02. The summed E-state index contributed by atoms with van der Waals surface area (Å²) >= 11 is 0. The van der Waals surface area contributed by atoms with Crippen LogP contribution in [-0.2, 0) is 16.0 Å². The number of nitrogens with two attached hydrogens (primary N) is 1. The van der Waals surface area contributed by atoms with Gasteiger partial charge in [-0.2, -0.15) is 0 Å². The summed E-state index contributed by atoms with van der Waals surface area (Å²) < 4.78 is 5.96. The molecule has 0 spiro atoms. The molecule has 0 aliphatic heterocycles. The number of amides is 1. The number of hydrogen-bond donors (Lipinski definition) is 2. The Bertz CT molecular complexity index is 528. The van der Waals surface area contributed by atoms with Crippen LogP contribution < -0.4 is 11.1 Å². The monoisotopic (exact) mass is 330 g/mol. The molecule has 24 heavy (non-hydrogen) atoms. The number of hydrogen-bond acceptors (Lipinski definition) is 3. The summed E-state index contributed by atoms with van der Waals surface area (Å²) in [4.78, 5) is 12.1. The molecule has 1 aliphatic carbocycles. The first-order valence-corrected chi connectivity index (χ1v) is 9.02. The molecular weight excluding hydrogens is 300 g/mol. The fraction of sp³-hybridized carbons (Fsp3) is 0.550. The molecule has 132 valence electrons. The van der Waals surface area contributed by atoms with Crippen molar-refractivity contribution in [1.29, 1.82) is 0 Å². The second-order valence-electron chi connectivity index (χ2n) is 6.53. The van der Waals surface area contributed by atoms with E-state index in [1.54, 1.807) is 0 Å². The van der Waals surface area contributed by atoms with Crippen LogP contribution in [-0.4, -0.2) is 31.2 Å². The molecular formula is C20H30N2O2. The third-order valence-corrected chi connectivity index (χ3v) is 4.50. The standard InChI is InChI=1S/C20H30N2O2/c1-16-9-5-2-3-8-12-19(16)24-14-13-22-20(23)18(21)15-17-10-6-4-7-11-17/h4,6-7,9-11,18-19H,2-3,5,8,12-15,21H2,1H3,(H,22,23)/b16-9-/t18-,19?/m0/s1. The minimum Gasteiger partial charge on any atom is -0.372 e. The van der Waals surface area contributed by atoms with E-state index in [9.17, 15) is 4.79 Å². The average Bonchev–Trinajstić information content (AvgIpc) is 2.58. The molecule has 0 radical (unpaired) electrons. The normalized spacial score (nSPS) is 21.9.